The van der Waals surface area contributed by atoms with Gasteiger partial charge in [0.05, 0.1) is 0 Å². The number of piperazine rings is 1. The van der Waals surface area contributed by atoms with Gasteiger partial charge < -0.3 is 5.32 Å². The van der Waals surface area contributed by atoms with E-state index < -0.39 is 0 Å². The number of hydrogen-bond acceptors (Lipinski definition) is 2. The third kappa shape index (κ3) is 3.45. The lowest BCUT2D eigenvalue weighted by molar-refractivity contribution is 0.0736. The topological polar surface area (TPSA) is 15.3 Å². The molecule has 0 radical (unpaired) electrons. The quantitative estimate of drug-likeness (QED) is 0.813. The molecule has 0 spiro atoms. The van der Waals surface area contributed by atoms with Crippen LogP contribution in [0.4, 0.5) is 0 Å². The Bertz CT molecular complexity index is 265. The lowest BCUT2D eigenvalue weighted by atomic mass is 9.88. The number of nitrogens with zero attached hydrogens (tertiary/aromatic N) is 1. The predicted molar refractivity (Wildman–Crippen MR) is 74.2 cm³/mol. The highest BCUT2D eigenvalue weighted by molar-refractivity contribution is 5.03. The van der Waals surface area contributed by atoms with Gasteiger partial charge in [-0.3, -0.25) is 4.90 Å². The van der Waals surface area contributed by atoms with Crippen molar-refractivity contribution < 1.29 is 0 Å². The van der Waals surface area contributed by atoms with E-state index >= 15 is 0 Å². The lowest BCUT2D eigenvalue weighted by Crippen LogP contribution is -2.63. The number of rotatable bonds is 3. The van der Waals surface area contributed by atoms with Crippen LogP contribution in [0.25, 0.3) is 0 Å². The molecular weight excluding hydrogens is 208 g/mol. The molecule has 100 valence electrons. The van der Waals surface area contributed by atoms with E-state index in [1.54, 1.807) is 0 Å². The van der Waals surface area contributed by atoms with Gasteiger partial charge in [0.15, 0.2) is 0 Å². The lowest BCUT2D eigenvalue weighted by Gasteiger charge is -2.46. The van der Waals surface area contributed by atoms with Crippen LogP contribution in [0, 0.1) is 11.3 Å². The smallest absolute Gasteiger partial charge is 0.0309 e. The first kappa shape index (κ1) is 13.4. The van der Waals surface area contributed by atoms with Crippen molar-refractivity contribution in [2.75, 3.05) is 19.6 Å². The van der Waals surface area contributed by atoms with E-state index in [-0.39, 0.29) is 0 Å². The van der Waals surface area contributed by atoms with Crippen LogP contribution in [0.5, 0.6) is 0 Å². The van der Waals surface area contributed by atoms with Gasteiger partial charge in [-0.1, -0.05) is 20.8 Å². The van der Waals surface area contributed by atoms with Gasteiger partial charge in [-0.15, -0.1) is 0 Å². The fourth-order valence-electron chi connectivity index (χ4n) is 2.92. The molecule has 0 aromatic rings. The fraction of sp³-hybridized carbons (Fsp3) is 1.00. The summed E-state index contributed by atoms with van der Waals surface area (Å²) in [6, 6.07) is 0.698. The van der Waals surface area contributed by atoms with Crippen LogP contribution in [-0.4, -0.2) is 36.1 Å². The van der Waals surface area contributed by atoms with Crippen molar-refractivity contribution in [3.63, 3.8) is 0 Å². The Morgan fingerprint density at radius 3 is 2.47 bits per heavy atom. The Hall–Kier alpha value is -0.0800. The molecule has 2 atom stereocenters. The molecule has 0 bridgehead atoms. The maximum absolute atomic E-state index is 3.79. The van der Waals surface area contributed by atoms with Crippen molar-refractivity contribution in [2.45, 2.75) is 65.5 Å². The van der Waals surface area contributed by atoms with E-state index in [1.807, 2.05) is 0 Å². The maximum Gasteiger partial charge on any atom is 0.0309 e. The molecule has 2 rings (SSSR count). The Morgan fingerprint density at radius 2 is 1.94 bits per heavy atom. The van der Waals surface area contributed by atoms with Crippen LogP contribution in [0.15, 0.2) is 0 Å². The summed E-state index contributed by atoms with van der Waals surface area (Å²) in [4.78, 5) is 2.71. The zero-order valence-corrected chi connectivity index (χ0v) is 12.3. The summed E-state index contributed by atoms with van der Waals surface area (Å²) in [5, 5.41) is 3.79. The molecule has 2 nitrogen and oxygen atoms in total. The summed E-state index contributed by atoms with van der Waals surface area (Å²) in [7, 11) is 0. The van der Waals surface area contributed by atoms with Crippen molar-refractivity contribution in [1.29, 1.82) is 0 Å². The van der Waals surface area contributed by atoms with E-state index in [4.69, 9.17) is 0 Å². The van der Waals surface area contributed by atoms with Gasteiger partial charge in [0, 0.05) is 24.7 Å². The summed E-state index contributed by atoms with van der Waals surface area (Å²) >= 11 is 0. The maximum atomic E-state index is 3.79. The molecule has 2 heteroatoms. The molecule has 1 saturated heterocycles. The Morgan fingerprint density at radius 1 is 1.29 bits per heavy atom. The minimum Gasteiger partial charge on any atom is -0.308 e. The Labute approximate surface area is 107 Å². The van der Waals surface area contributed by atoms with Gasteiger partial charge in [-0.2, -0.15) is 0 Å². The summed E-state index contributed by atoms with van der Waals surface area (Å²) in [5.74, 6) is 0.937. The highest BCUT2D eigenvalue weighted by Crippen LogP contribution is 2.41. The van der Waals surface area contributed by atoms with Crippen LogP contribution >= 0.6 is 0 Å². The van der Waals surface area contributed by atoms with Crippen molar-refractivity contribution in [3.8, 4) is 0 Å². The summed E-state index contributed by atoms with van der Waals surface area (Å²) < 4.78 is 0. The largest absolute Gasteiger partial charge is 0.308 e. The number of hydrogen-bond donors (Lipinski definition) is 1. The van der Waals surface area contributed by atoms with Gasteiger partial charge in [-0.25, -0.2) is 0 Å². The summed E-state index contributed by atoms with van der Waals surface area (Å²) in [6.45, 7) is 15.5. The molecule has 0 aromatic heterocycles. The van der Waals surface area contributed by atoms with Crippen LogP contribution in [-0.2, 0) is 0 Å². The van der Waals surface area contributed by atoms with Gasteiger partial charge in [-0.05, 0) is 51.0 Å². The molecule has 1 aliphatic heterocycles. The summed E-state index contributed by atoms with van der Waals surface area (Å²) in [5.41, 5.74) is 0.852. The van der Waals surface area contributed by atoms with Gasteiger partial charge in [0.25, 0.3) is 0 Å². The minimum atomic E-state index is 0.393. The second-order valence-corrected chi connectivity index (χ2v) is 7.70. The molecule has 2 aliphatic rings. The van der Waals surface area contributed by atoms with Gasteiger partial charge in [0.2, 0.25) is 0 Å². The second-order valence-electron chi connectivity index (χ2n) is 7.70. The summed E-state index contributed by atoms with van der Waals surface area (Å²) in [6.07, 6.45) is 4.17. The van der Waals surface area contributed by atoms with E-state index in [9.17, 15) is 0 Å². The molecule has 0 amide bonds. The molecule has 17 heavy (non-hydrogen) atoms. The van der Waals surface area contributed by atoms with Crippen molar-refractivity contribution >= 4 is 0 Å². The van der Waals surface area contributed by atoms with E-state index in [0.29, 0.717) is 17.0 Å². The fourth-order valence-corrected chi connectivity index (χ4v) is 2.92. The van der Waals surface area contributed by atoms with Crippen LogP contribution in [0.2, 0.25) is 0 Å². The first-order chi connectivity index (χ1) is 7.80. The third-order valence-corrected chi connectivity index (χ3v) is 4.58. The average Bonchev–Trinajstić information content (AvgIpc) is 3.02. The average molecular weight is 238 g/mol. The first-order valence-electron chi connectivity index (χ1n) is 7.29. The molecule has 1 N–H and O–H groups in total. The molecule has 2 fully saturated rings. The van der Waals surface area contributed by atoms with Gasteiger partial charge >= 0.3 is 0 Å². The Balaban J connectivity index is 1.90. The predicted octanol–water partition coefficient (Wildman–Crippen LogP) is 2.89. The molecule has 1 heterocycles. The van der Waals surface area contributed by atoms with Crippen LogP contribution in [0.3, 0.4) is 0 Å². The zero-order chi connectivity index (χ0) is 12.7. The van der Waals surface area contributed by atoms with Crippen molar-refractivity contribution in [2.24, 2.45) is 11.3 Å². The van der Waals surface area contributed by atoms with E-state index in [2.05, 4.69) is 44.8 Å². The van der Waals surface area contributed by atoms with E-state index in [1.165, 1.54) is 32.4 Å². The van der Waals surface area contributed by atoms with Crippen molar-refractivity contribution in [1.82, 2.24) is 10.2 Å². The second kappa shape index (κ2) is 4.55. The standard InChI is InChI=1S/C15H30N2/c1-12-10-16-15(5,13-6-7-13)11-17(12)9-8-14(2,3)4/h12-13,16H,6-11H2,1-5H3. The molecule has 0 aromatic carbocycles. The Kier molecular flexibility index (Phi) is 3.57. The highest BCUT2D eigenvalue weighted by Gasteiger charge is 2.45. The zero-order valence-electron chi connectivity index (χ0n) is 12.3. The molecular formula is C15H30N2. The first-order valence-corrected chi connectivity index (χ1v) is 7.29. The SMILES string of the molecule is CC1CNC(C)(C2CC2)CN1CCC(C)(C)C. The molecule has 1 aliphatic carbocycles. The van der Waals surface area contributed by atoms with Gasteiger partial charge in [0.1, 0.15) is 0 Å². The van der Waals surface area contributed by atoms with Crippen LogP contribution < -0.4 is 5.32 Å². The monoisotopic (exact) mass is 238 g/mol. The minimum absolute atomic E-state index is 0.393. The molecule has 1 saturated carbocycles. The highest BCUT2D eigenvalue weighted by atomic mass is 15.3. The number of nitrogens with one attached hydrogen (secondary N) is 1. The van der Waals surface area contributed by atoms with Crippen LogP contribution in [0.1, 0.15) is 53.9 Å². The van der Waals surface area contributed by atoms with Crippen molar-refractivity contribution in [3.05, 3.63) is 0 Å². The van der Waals surface area contributed by atoms with E-state index in [0.717, 1.165) is 12.5 Å². The molecule has 2 unspecified atom stereocenters. The normalized spacial score (nSPS) is 36.2. The third-order valence-electron chi connectivity index (χ3n) is 4.58.